The molecule has 0 aliphatic rings. The van der Waals surface area contributed by atoms with Crippen LogP contribution in [0.4, 0.5) is 10.8 Å². The fraction of sp³-hybridized carbons (Fsp3) is 0.0857. The Morgan fingerprint density at radius 3 is 2.49 bits per heavy atom. The van der Waals surface area contributed by atoms with Crippen molar-refractivity contribution in [2.24, 2.45) is 0 Å². The van der Waals surface area contributed by atoms with Crippen LogP contribution < -0.4 is 20.7 Å². The number of halogens is 2. The average molecular weight is 704 g/mol. The molecular formula is C35H28Cl2N4O4S2. The Kier molecular flexibility index (Phi) is 11.7. The van der Waals surface area contributed by atoms with Crippen LogP contribution in [0.5, 0.6) is 5.75 Å². The lowest BCUT2D eigenvalue weighted by molar-refractivity contribution is -0.114. The van der Waals surface area contributed by atoms with Crippen LogP contribution in [0.25, 0.3) is 17.3 Å². The molecule has 0 atom stereocenters. The summed E-state index contributed by atoms with van der Waals surface area (Å²) < 4.78 is 5.72. The van der Waals surface area contributed by atoms with E-state index in [4.69, 9.17) is 27.9 Å². The zero-order valence-electron chi connectivity index (χ0n) is 25.0. The monoisotopic (exact) mass is 702 g/mol. The number of thioether (sulfide) groups is 1. The van der Waals surface area contributed by atoms with E-state index in [2.05, 4.69) is 20.9 Å². The summed E-state index contributed by atoms with van der Waals surface area (Å²) in [6.07, 6.45) is 1.58. The molecule has 0 bridgehead atoms. The number of carbonyl (C=O) groups is 3. The summed E-state index contributed by atoms with van der Waals surface area (Å²) in [5, 5.41) is 11.7. The molecule has 47 heavy (non-hydrogen) atoms. The van der Waals surface area contributed by atoms with E-state index in [1.807, 2.05) is 30.5 Å². The molecule has 3 amide bonds. The molecule has 0 saturated carbocycles. The third-order valence-corrected chi connectivity index (χ3v) is 8.77. The van der Waals surface area contributed by atoms with Crippen molar-refractivity contribution in [3.05, 3.63) is 129 Å². The van der Waals surface area contributed by atoms with Crippen molar-refractivity contribution in [3.8, 4) is 17.0 Å². The van der Waals surface area contributed by atoms with Gasteiger partial charge in [0.1, 0.15) is 11.4 Å². The number of nitrogens with zero attached hydrogens (tertiary/aromatic N) is 1. The first-order valence-electron chi connectivity index (χ1n) is 14.3. The number of nitrogens with one attached hydrogen (secondary N) is 3. The van der Waals surface area contributed by atoms with Crippen molar-refractivity contribution < 1.29 is 19.1 Å². The van der Waals surface area contributed by atoms with Gasteiger partial charge < -0.3 is 20.7 Å². The van der Waals surface area contributed by atoms with Gasteiger partial charge in [0.05, 0.1) is 23.1 Å². The van der Waals surface area contributed by atoms with E-state index >= 15 is 0 Å². The van der Waals surface area contributed by atoms with Gasteiger partial charge in [0.15, 0.2) is 5.13 Å². The van der Waals surface area contributed by atoms with Crippen molar-refractivity contribution in [2.75, 3.05) is 23.0 Å². The van der Waals surface area contributed by atoms with Crippen LogP contribution in [0.15, 0.2) is 113 Å². The first kappa shape index (κ1) is 33.7. The Morgan fingerprint density at radius 1 is 0.915 bits per heavy atom. The van der Waals surface area contributed by atoms with Gasteiger partial charge in [-0.3, -0.25) is 14.4 Å². The minimum atomic E-state index is -0.527. The number of para-hydroxylation sites is 1. The number of hydrogen-bond acceptors (Lipinski definition) is 7. The maximum atomic E-state index is 13.5. The summed E-state index contributed by atoms with van der Waals surface area (Å²) in [4.78, 5) is 44.5. The number of aromatic nitrogens is 1. The number of ether oxygens (including phenoxy) is 1. The summed E-state index contributed by atoms with van der Waals surface area (Å²) in [6.45, 7) is 2.31. The molecule has 0 fully saturated rings. The van der Waals surface area contributed by atoms with Gasteiger partial charge in [0, 0.05) is 37.7 Å². The first-order valence-corrected chi connectivity index (χ1v) is 17.0. The molecule has 0 aliphatic carbocycles. The third-order valence-electron chi connectivity index (χ3n) is 6.47. The second-order valence-electron chi connectivity index (χ2n) is 9.83. The maximum absolute atomic E-state index is 13.5. The normalized spacial score (nSPS) is 11.1. The molecule has 0 spiro atoms. The second kappa shape index (κ2) is 16.3. The van der Waals surface area contributed by atoms with Gasteiger partial charge in [-0.1, -0.05) is 65.7 Å². The maximum Gasteiger partial charge on any atom is 0.272 e. The Balaban J connectivity index is 1.25. The minimum Gasteiger partial charge on any atom is -0.493 e. The first-order chi connectivity index (χ1) is 22.8. The van der Waals surface area contributed by atoms with E-state index in [1.54, 1.807) is 84.9 Å². The van der Waals surface area contributed by atoms with Crippen LogP contribution in [-0.2, 0) is 9.59 Å². The Morgan fingerprint density at radius 2 is 1.70 bits per heavy atom. The molecule has 12 heteroatoms. The van der Waals surface area contributed by atoms with Gasteiger partial charge in [-0.25, -0.2) is 4.98 Å². The van der Waals surface area contributed by atoms with E-state index in [0.717, 1.165) is 10.5 Å². The number of amides is 3. The van der Waals surface area contributed by atoms with Crippen molar-refractivity contribution in [3.63, 3.8) is 0 Å². The summed E-state index contributed by atoms with van der Waals surface area (Å²) in [6, 6.07) is 28.1. The van der Waals surface area contributed by atoms with Gasteiger partial charge in [-0.2, -0.15) is 0 Å². The third kappa shape index (κ3) is 9.46. The molecule has 3 N–H and O–H groups in total. The SMILES string of the molecule is CCOc1ccccc1/C=C(/NC(=O)c1ccccc1)C(=O)Nc1cccc(SCC(=O)Nc2nc(-c3ccc(Cl)cc3Cl)cs2)c1. The molecule has 0 radical (unpaired) electrons. The summed E-state index contributed by atoms with van der Waals surface area (Å²) in [7, 11) is 0. The molecule has 5 rings (SSSR count). The molecular weight excluding hydrogens is 675 g/mol. The number of rotatable bonds is 12. The van der Waals surface area contributed by atoms with Crippen molar-refractivity contribution >= 4 is 80.9 Å². The summed E-state index contributed by atoms with van der Waals surface area (Å²) in [5.41, 5.74) is 2.92. The van der Waals surface area contributed by atoms with Gasteiger partial charge in [0.25, 0.3) is 11.8 Å². The zero-order chi connectivity index (χ0) is 33.2. The Labute approximate surface area is 290 Å². The van der Waals surface area contributed by atoms with E-state index in [-0.39, 0.29) is 17.4 Å². The number of carbonyl (C=O) groups excluding carboxylic acids is 3. The van der Waals surface area contributed by atoms with Crippen LogP contribution in [0.2, 0.25) is 10.0 Å². The van der Waals surface area contributed by atoms with E-state index < -0.39 is 11.8 Å². The van der Waals surface area contributed by atoms with Crippen LogP contribution in [0.1, 0.15) is 22.8 Å². The molecule has 8 nitrogen and oxygen atoms in total. The highest BCUT2D eigenvalue weighted by Crippen LogP contribution is 2.32. The lowest BCUT2D eigenvalue weighted by Gasteiger charge is -2.13. The van der Waals surface area contributed by atoms with Crippen LogP contribution >= 0.6 is 46.3 Å². The standard InChI is InChI=1S/C35H28Cl2N4O4S2/c1-2-45-31-14-7-6-11-23(31)17-29(39-33(43)22-9-4-3-5-10-22)34(44)38-25-12-8-13-26(19-25)46-21-32(42)41-35-40-30(20-47-35)27-16-15-24(36)18-28(27)37/h3-20H,2,21H2,1H3,(H,38,44)(H,39,43)(H,40,41,42)/b29-17+. The van der Waals surface area contributed by atoms with E-state index in [0.29, 0.717) is 50.0 Å². The Bertz CT molecular complexity index is 1930. The molecule has 5 aromatic rings. The summed E-state index contributed by atoms with van der Waals surface area (Å²) in [5.74, 6) is -0.510. The molecule has 4 aromatic carbocycles. The predicted octanol–water partition coefficient (Wildman–Crippen LogP) is 8.66. The molecule has 1 heterocycles. The summed E-state index contributed by atoms with van der Waals surface area (Å²) >= 11 is 14.9. The topological polar surface area (TPSA) is 109 Å². The lowest BCUT2D eigenvalue weighted by Crippen LogP contribution is -2.30. The number of thiazole rings is 1. The Hall–Kier alpha value is -4.61. The highest BCUT2D eigenvalue weighted by Gasteiger charge is 2.17. The van der Waals surface area contributed by atoms with E-state index in [1.165, 1.54) is 23.1 Å². The average Bonchev–Trinajstić information content (AvgIpc) is 3.52. The fourth-order valence-corrected chi connectivity index (χ4v) is 6.29. The van der Waals surface area contributed by atoms with Gasteiger partial charge in [-0.05, 0) is 67.6 Å². The highest BCUT2D eigenvalue weighted by molar-refractivity contribution is 8.00. The largest absolute Gasteiger partial charge is 0.493 e. The fourth-order valence-electron chi connectivity index (χ4n) is 4.30. The molecule has 0 unspecified atom stereocenters. The smallest absolute Gasteiger partial charge is 0.272 e. The number of anilines is 2. The molecule has 1 aromatic heterocycles. The van der Waals surface area contributed by atoms with Crippen molar-refractivity contribution in [2.45, 2.75) is 11.8 Å². The number of benzene rings is 4. The zero-order valence-corrected chi connectivity index (χ0v) is 28.1. The second-order valence-corrected chi connectivity index (χ2v) is 12.6. The molecule has 238 valence electrons. The number of hydrogen-bond donors (Lipinski definition) is 3. The predicted molar refractivity (Wildman–Crippen MR) is 191 cm³/mol. The van der Waals surface area contributed by atoms with Crippen LogP contribution in [0, 0.1) is 0 Å². The lowest BCUT2D eigenvalue weighted by atomic mass is 10.1. The molecule has 0 aliphatic heterocycles. The van der Waals surface area contributed by atoms with Gasteiger partial charge >= 0.3 is 0 Å². The highest BCUT2D eigenvalue weighted by atomic mass is 35.5. The quantitative estimate of drug-likeness (QED) is 0.0887. The van der Waals surface area contributed by atoms with E-state index in [9.17, 15) is 14.4 Å². The van der Waals surface area contributed by atoms with Gasteiger partial charge in [0.2, 0.25) is 5.91 Å². The van der Waals surface area contributed by atoms with Crippen LogP contribution in [0.3, 0.4) is 0 Å². The van der Waals surface area contributed by atoms with Crippen LogP contribution in [-0.4, -0.2) is 35.1 Å². The van der Waals surface area contributed by atoms with Crippen molar-refractivity contribution in [1.29, 1.82) is 0 Å². The molecule has 0 saturated heterocycles. The minimum absolute atomic E-state index is 0.0335. The van der Waals surface area contributed by atoms with Gasteiger partial charge in [-0.15, -0.1) is 23.1 Å². The van der Waals surface area contributed by atoms with Crippen molar-refractivity contribution in [1.82, 2.24) is 10.3 Å².